The number of rotatable bonds is 8. The van der Waals surface area contributed by atoms with Gasteiger partial charge >= 0.3 is 0 Å². The normalized spacial score (nSPS) is 14.0. The zero-order chi connectivity index (χ0) is 19.9. The first kappa shape index (κ1) is 20.1. The smallest absolute Gasteiger partial charge is 0.260 e. The number of aryl methyl sites for hydroxylation is 2. The lowest BCUT2D eigenvalue weighted by Gasteiger charge is -2.19. The van der Waals surface area contributed by atoms with E-state index in [2.05, 4.69) is 17.4 Å². The number of hydrogen-bond donors (Lipinski definition) is 1. The second-order valence-electron chi connectivity index (χ2n) is 7.13. The highest BCUT2D eigenvalue weighted by molar-refractivity contribution is 5.80. The molecule has 0 spiro atoms. The number of amides is 1. The molecule has 28 heavy (non-hydrogen) atoms. The summed E-state index contributed by atoms with van der Waals surface area (Å²) in [7, 11) is 3.23. The maximum Gasteiger partial charge on any atom is 0.260 e. The summed E-state index contributed by atoms with van der Waals surface area (Å²) in [6.45, 7) is 2.32. The van der Waals surface area contributed by atoms with E-state index < -0.39 is 6.10 Å². The number of carbonyl (C=O) groups excluding carboxylic acids is 1. The third kappa shape index (κ3) is 4.97. The summed E-state index contributed by atoms with van der Waals surface area (Å²) >= 11 is 0. The third-order valence-corrected chi connectivity index (χ3v) is 5.16. The lowest BCUT2D eigenvalue weighted by molar-refractivity contribution is -0.127. The minimum atomic E-state index is -0.535. The fraction of sp³-hybridized carbons (Fsp3) is 0.435. The number of benzene rings is 2. The first-order valence-corrected chi connectivity index (χ1v) is 9.88. The molecule has 1 aliphatic rings. The van der Waals surface area contributed by atoms with Crippen LogP contribution in [0, 0.1) is 0 Å². The molecule has 1 unspecified atom stereocenters. The van der Waals surface area contributed by atoms with E-state index >= 15 is 0 Å². The highest BCUT2D eigenvalue weighted by Crippen LogP contribution is 2.28. The van der Waals surface area contributed by atoms with Crippen LogP contribution in [0.5, 0.6) is 17.2 Å². The molecule has 1 atom stereocenters. The number of carbonyl (C=O) groups is 1. The van der Waals surface area contributed by atoms with Crippen molar-refractivity contribution in [1.29, 1.82) is 0 Å². The van der Waals surface area contributed by atoms with Crippen molar-refractivity contribution in [2.75, 3.05) is 20.8 Å². The van der Waals surface area contributed by atoms with Crippen LogP contribution < -0.4 is 19.5 Å². The Morgan fingerprint density at radius 3 is 2.50 bits per heavy atom. The zero-order valence-corrected chi connectivity index (χ0v) is 16.9. The van der Waals surface area contributed by atoms with Crippen molar-refractivity contribution in [3.05, 3.63) is 53.1 Å². The molecule has 1 aliphatic carbocycles. The van der Waals surface area contributed by atoms with Crippen molar-refractivity contribution in [2.45, 2.75) is 45.1 Å². The molecule has 1 N–H and O–H groups in total. The van der Waals surface area contributed by atoms with E-state index in [0.717, 1.165) is 24.2 Å². The molecule has 5 heteroatoms. The predicted octanol–water partition coefficient (Wildman–Crippen LogP) is 3.71. The average Bonchev–Trinajstić information content (AvgIpc) is 2.73. The van der Waals surface area contributed by atoms with Gasteiger partial charge in [0.15, 0.2) is 17.6 Å². The Kier molecular flexibility index (Phi) is 6.80. The second-order valence-corrected chi connectivity index (χ2v) is 7.13. The lowest BCUT2D eigenvalue weighted by Crippen LogP contribution is -2.37. The molecule has 0 radical (unpaired) electrons. The molecule has 5 nitrogen and oxygen atoms in total. The van der Waals surface area contributed by atoms with Crippen molar-refractivity contribution < 1.29 is 19.0 Å². The van der Waals surface area contributed by atoms with Crippen LogP contribution in [-0.4, -0.2) is 32.8 Å². The predicted molar refractivity (Wildman–Crippen MR) is 109 cm³/mol. The van der Waals surface area contributed by atoms with E-state index in [-0.39, 0.29) is 5.91 Å². The highest BCUT2D eigenvalue weighted by atomic mass is 16.5. The Labute approximate surface area is 167 Å². The van der Waals surface area contributed by atoms with Crippen molar-refractivity contribution in [2.24, 2.45) is 0 Å². The molecular formula is C23H29NO4. The van der Waals surface area contributed by atoms with E-state index in [4.69, 9.17) is 14.2 Å². The molecule has 0 aliphatic heterocycles. The molecule has 3 rings (SSSR count). The summed E-state index contributed by atoms with van der Waals surface area (Å²) in [5.41, 5.74) is 3.83. The van der Waals surface area contributed by atoms with E-state index in [1.54, 1.807) is 21.1 Å². The number of hydrogen-bond acceptors (Lipinski definition) is 4. The quantitative estimate of drug-likeness (QED) is 0.755. The molecule has 0 aromatic heterocycles. The SMILES string of the molecule is COc1ccc(CCNC(=O)C(C)Oc2ccc3c(c2)CCCC3)cc1OC. The first-order chi connectivity index (χ1) is 13.6. The Morgan fingerprint density at radius 2 is 1.75 bits per heavy atom. The summed E-state index contributed by atoms with van der Waals surface area (Å²) in [5, 5.41) is 2.94. The standard InChI is InChI=1S/C23H29NO4/c1-16(28-20-10-9-18-6-4-5-7-19(18)15-20)23(25)24-13-12-17-8-11-21(26-2)22(14-17)27-3/h8-11,14-16H,4-7,12-13H2,1-3H3,(H,24,25). The fourth-order valence-electron chi connectivity index (χ4n) is 3.55. The molecule has 150 valence electrons. The average molecular weight is 383 g/mol. The monoisotopic (exact) mass is 383 g/mol. The third-order valence-electron chi connectivity index (χ3n) is 5.16. The van der Waals surface area contributed by atoms with Crippen LogP contribution in [0.4, 0.5) is 0 Å². The Morgan fingerprint density at radius 1 is 1.00 bits per heavy atom. The first-order valence-electron chi connectivity index (χ1n) is 9.88. The van der Waals surface area contributed by atoms with Gasteiger partial charge in [-0.3, -0.25) is 4.79 Å². The van der Waals surface area contributed by atoms with Gasteiger partial charge in [0.05, 0.1) is 14.2 Å². The van der Waals surface area contributed by atoms with Gasteiger partial charge in [-0.15, -0.1) is 0 Å². The topological polar surface area (TPSA) is 56.8 Å². The minimum Gasteiger partial charge on any atom is -0.493 e. The maximum atomic E-state index is 12.4. The Hall–Kier alpha value is -2.69. The molecule has 0 fully saturated rings. The summed E-state index contributed by atoms with van der Waals surface area (Å²) in [5.74, 6) is 2.04. The van der Waals surface area contributed by atoms with E-state index in [1.807, 2.05) is 24.3 Å². The second kappa shape index (κ2) is 9.49. The molecule has 0 saturated carbocycles. The summed E-state index contributed by atoms with van der Waals surface area (Å²) < 4.78 is 16.4. The highest BCUT2D eigenvalue weighted by Gasteiger charge is 2.16. The largest absolute Gasteiger partial charge is 0.493 e. The summed E-state index contributed by atoms with van der Waals surface area (Å²) in [4.78, 5) is 12.4. The van der Waals surface area contributed by atoms with Crippen LogP contribution in [0.3, 0.4) is 0 Å². The van der Waals surface area contributed by atoms with Gasteiger partial charge in [-0.2, -0.15) is 0 Å². The summed E-state index contributed by atoms with van der Waals surface area (Å²) in [6.07, 6.45) is 4.89. The van der Waals surface area contributed by atoms with Crippen molar-refractivity contribution in [3.63, 3.8) is 0 Å². The van der Waals surface area contributed by atoms with Crippen LogP contribution in [0.15, 0.2) is 36.4 Å². The molecular weight excluding hydrogens is 354 g/mol. The van der Waals surface area contributed by atoms with Gasteiger partial charge in [-0.05, 0) is 80.0 Å². The van der Waals surface area contributed by atoms with Gasteiger partial charge in [0, 0.05) is 6.54 Å². The molecule has 2 aromatic rings. The zero-order valence-electron chi connectivity index (χ0n) is 16.9. The summed E-state index contributed by atoms with van der Waals surface area (Å²) in [6, 6.07) is 12.0. The number of ether oxygens (including phenoxy) is 3. The van der Waals surface area contributed by atoms with E-state index in [1.165, 1.54) is 24.0 Å². The van der Waals surface area contributed by atoms with Gasteiger partial charge in [0.2, 0.25) is 0 Å². The van der Waals surface area contributed by atoms with Crippen LogP contribution >= 0.6 is 0 Å². The lowest BCUT2D eigenvalue weighted by atomic mass is 9.92. The van der Waals surface area contributed by atoms with Gasteiger partial charge < -0.3 is 19.5 Å². The van der Waals surface area contributed by atoms with Crippen LogP contribution in [0.25, 0.3) is 0 Å². The van der Waals surface area contributed by atoms with Crippen molar-refractivity contribution in [1.82, 2.24) is 5.32 Å². The maximum absolute atomic E-state index is 12.4. The van der Waals surface area contributed by atoms with Gasteiger partial charge in [0.1, 0.15) is 5.75 Å². The van der Waals surface area contributed by atoms with E-state index in [9.17, 15) is 4.79 Å². The van der Waals surface area contributed by atoms with Gasteiger partial charge in [0.25, 0.3) is 5.91 Å². The molecule has 0 heterocycles. The van der Waals surface area contributed by atoms with Crippen LogP contribution in [-0.2, 0) is 24.1 Å². The van der Waals surface area contributed by atoms with Crippen molar-refractivity contribution in [3.8, 4) is 17.2 Å². The fourth-order valence-corrected chi connectivity index (χ4v) is 3.55. The van der Waals surface area contributed by atoms with Gasteiger partial charge in [-0.25, -0.2) is 0 Å². The number of nitrogens with one attached hydrogen (secondary N) is 1. The molecule has 0 saturated heterocycles. The number of fused-ring (bicyclic) bond motifs is 1. The Bertz CT molecular complexity index is 818. The van der Waals surface area contributed by atoms with Crippen molar-refractivity contribution >= 4 is 5.91 Å². The van der Waals surface area contributed by atoms with Crippen LogP contribution in [0.2, 0.25) is 0 Å². The minimum absolute atomic E-state index is 0.113. The number of methoxy groups -OCH3 is 2. The molecule has 0 bridgehead atoms. The Balaban J connectivity index is 1.49. The van der Waals surface area contributed by atoms with Gasteiger partial charge in [-0.1, -0.05) is 12.1 Å². The molecule has 1 amide bonds. The molecule has 2 aromatic carbocycles. The van der Waals surface area contributed by atoms with E-state index in [0.29, 0.717) is 24.5 Å². The van der Waals surface area contributed by atoms with Crippen LogP contribution in [0.1, 0.15) is 36.5 Å².